The number of carbonyl (C=O) groups is 1. The fourth-order valence-corrected chi connectivity index (χ4v) is 2.09. The van der Waals surface area contributed by atoms with Gasteiger partial charge in [-0.1, -0.05) is 17.7 Å². The number of nitrogens with two attached hydrogens (primary N) is 1. The van der Waals surface area contributed by atoms with Crippen molar-refractivity contribution >= 4 is 17.6 Å². The Kier molecular flexibility index (Phi) is 4.65. The van der Waals surface area contributed by atoms with Crippen molar-refractivity contribution in [1.29, 1.82) is 0 Å². The van der Waals surface area contributed by atoms with E-state index in [-0.39, 0.29) is 6.42 Å². The zero-order valence-corrected chi connectivity index (χ0v) is 11.3. The highest BCUT2D eigenvalue weighted by molar-refractivity contribution is 6.30. The average Bonchev–Trinajstić information content (AvgIpc) is 2.90. The fourth-order valence-electron chi connectivity index (χ4n) is 1.89. The Morgan fingerprint density at radius 1 is 1.40 bits per heavy atom. The van der Waals surface area contributed by atoms with E-state index >= 15 is 0 Å². The van der Waals surface area contributed by atoms with E-state index in [1.807, 2.05) is 6.07 Å². The summed E-state index contributed by atoms with van der Waals surface area (Å²) in [5, 5.41) is 22.9. The molecule has 0 saturated carbocycles. The van der Waals surface area contributed by atoms with Gasteiger partial charge in [0.05, 0.1) is 0 Å². The second-order valence-corrected chi connectivity index (χ2v) is 4.85. The third-order valence-electron chi connectivity index (χ3n) is 2.95. The van der Waals surface area contributed by atoms with Crippen molar-refractivity contribution in [2.45, 2.75) is 25.3 Å². The van der Waals surface area contributed by atoms with Crippen LogP contribution < -0.4 is 5.73 Å². The number of nitrogens with zero attached hydrogens (tertiary/aromatic N) is 3. The Labute approximate surface area is 120 Å². The first-order chi connectivity index (χ1) is 9.56. The SMILES string of the molecule is N[C@@H](Cc1cc(Cl)ccc1CCc1nnn[nH]1)C(=O)O. The molecular formula is C12H14ClN5O2. The summed E-state index contributed by atoms with van der Waals surface area (Å²) in [6.07, 6.45) is 1.54. The van der Waals surface area contributed by atoms with E-state index < -0.39 is 12.0 Å². The van der Waals surface area contributed by atoms with E-state index in [4.69, 9.17) is 22.4 Å². The van der Waals surface area contributed by atoms with Crippen LogP contribution in [0.15, 0.2) is 18.2 Å². The quantitative estimate of drug-likeness (QED) is 0.718. The van der Waals surface area contributed by atoms with Crippen LogP contribution in [-0.2, 0) is 24.1 Å². The van der Waals surface area contributed by atoms with Crippen LogP contribution in [0.1, 0.15) is 17.0 Å². The largest absolute Gasteiger partial charge is 0.480 e. The van der Waals surface area contributed by atoms with Crippen molar-refractivity contribution < 1.29 is 9.90 Å². The fraction of sp³-hybridized carbons (Fsp3) is 0.333. The zero-order chi connectivity index (χ0) is 14.5. The second kappa shape index (κ2) is 6.44. The van der Waals surface area contributed by atoms with Crippen LogP contribution in [0.4, 0.5) is 0 Å². The summed E-state index contributed by atoms with van der Waals surface area (Å²) in [6.45, 7) is 0. The van der Waals surface area contributed by atoms with E-state index in [0.29, 0.717) is 23.7 Å². The van der Waals surface area contributed by atoms with E-state index in [2.05, 4.69) is 20.6 Å². The summed E-state index contributed by atoms with van der Waals surface area (Å²) >= 11 is 5.95. The monoisotopic (exact) mass is 295 g/mol. The molecular weight excluding hydrogens is 282 g/mol. The highest BCUT2D eigenvalue weighted by Gasteiger charge is 2.15. The van der Waals surface area contributed by atoms with Crippen LogP contribution in [-0.4, -0.2) is 37.7 Å². The number of carboxylic acid groups (broad SMARTS) is 1. The smallest absolute Gasteiger partial charge is 0.320 e. The molecule has 1 atom stereocenters. The lowest BCUT2D eigenvalue weighted by molar-refractivity contribution is -0.138. The molecule has 106 valence electrons. The van der Waals surface area contributed by atoms with Crippen LogP contribution in [0.2, 0.25) is 5.02 Å². The molecule has 0 aliphatic rings. The molecule has 2 aromatic rings. The minimum absolute atomic E-state index is 0.236. The molecule has 2 rings (SSSR count). The molecule has 1 heterocycles. The molecule has 0 amide bonds. The van der Waals surface area contributed by atoms with Gasteiger partial charge in [0, 0.05) is 11.4 Å². The number of benzene rings is 1. The van der Waals surface area contributed by atoms with Gasteiger partial charge < -0.3 is 10.8 Å². The number of tetrazole rings is 1. The molecule has 4 N–H and O–H groups in total. The van der Waals surface area contributed by atoms with Crippen molar-refractivity contribution in [3.05, 3.63) is 40.2 Å². The third-order valence-corrected chi connectivity index (χ3v) is 3.18. The summed E-state index contributed by atoms with van der Waals surface area (Å²) in [4.78, 5) is 10.9. The normalized spacial score (nSPS) is 12.3. The van der Waals surface area contributed by atoms with Gasteiger partial charge in [-0.05, 0) is 46.5 Å². The summed E-state index contributed by atoms with van der Waals surface area (Å²) < 4.78 is 0. The topological polar surface area (TPSA) is 118 Å². The summed E-state index contributed by atoms with van der Waals surface area (Å²) in [7, 11) is 0. The average molecular weight is 296 g/mol. The summed E-state index contributed by atoms with van der Waals surface area (Å²) in [5.74, 6) is -0.358. The Bertz CT molecular complexity index is 588. The summed E-state index contributed by atoms with van der Waals surface area (Å²) in [5.41, 5.74) is 7.40. The molecule has 1 aromatic heterocycles. The Balaban J connectivity index is 2.12. The lowest BCUT2D eigenvalue weighted by atomic mass is 9.97. The van der Waals surface area contributed by atoms with Crippen molar-refractivity contribution in [2.24, 2.45) is 5.73 Å². The Morgan fingerprint density at radius 2 is 2.20 bits per heavy atom. The minimum Gasteiger partial charge on any atom is -0.480 e. The first-order valence-corrected chi connectivity index (χ1v) is 6.42. The van der Waals surface area contributed by atoms with Crippen LogP contribution in [0.3, 0.4) is 0 Å². The molecule has 0 bridgehead atoms. The van der Waals surface area contributed by atoms with E-state index in [0.717, 1.165) is 11.1 Å². The molecule has 7 nitrogen and oxygen atoms in total. The molecule has 8 heteroatoms. The second-order valence-electron chi connectivity index (χ2n) is 4.41. The van der Waals surface area contributed by atoms with Crippen LogP contribution in [0.5, 0.6) is 0 Å². The standard InChI is InChI=1S/C12H14ClN5O2/c13-9-3-1-7(2-4-11-15-17-18-16-11)8(5-9)6-10(14)12(19)20/h1,3,5,10H,2,4,6,14H2,(H,19,20)(H,15,16,17,18)/t10-/m0/s1. The number of nitrogens with one attached hydrogen (secondary N) is 1. The Morgan fingerprint density at radius 3 is 2.85 bits per heavy atom. The van der Waals surface area contributed by atoms with Gasteiger partial charge in [0.2, 0.25) is 0 Å². The van der Waals surface area contributed by atoms with Crippen LogP contribution in [0, 0.1) is 0 Å². The molecule has 0 unspecified atom stereocenters. The molecule has 1 aromatic carbocycles. The van der Waals surface area contributed by atoms with Gasteiger partial charge >= 0.3 is 5.97 Å². The molecule has 0 aliphatic heterocycles. The van der Waals surface area contributed by atoms with Crippen molar-refractivity contribution in [2.75, 3.05) is 0 Å². The van der Waals surface area contributed by atoms with E-state index in [1.54, 1.807) is 12.1 Å². The third kappa shape index (κ3) is 3.75. The number of aliphatic carboxylic acids is 1. The van der Waals surface area contributed by atoms with Gasteiger partial charge in [-0.25, -0.2) is 5.10 Å². The van der Waals surface area contributed by atoms with Gasteiger partial charge in [0.25, 0.3) is 0 Å². The number of aromatic nitrogens is 4. The molecule has 0 radical (unpaired) electrons. The first-order valence-electron chi connectivity index (χ1n) is 6.04. The van der Waals surface area contributed by atoms with Gasteiger partial charge in [-0.3, -0.25) is 4.79 Å². The predicted octanol–water partition coefficient (Wildman–Crippen LogP) is 0.593. The molecule has 0 fully saturated rings. The molecule has 0 saturated heterocycles. The van der Waals surface area contributed by atoms with E-state index in [1.165, 1.54) is 0 Å². The van der Waals surface area contributed by atoms with Crippen molar-refractivity contribution in [3.63, 3.8) is 0 Å². The number of H-pyrrole nitrogens is 1. The number of hydrogen-bond acceptors (Lipinski definition) is 5. The number of aromatic amines is 1. The van der Waals surface area contributed by atoms with Crippen LogP contribution in [0.25, 0.3) is 0 Å². The highest BCUT2D eigenvalue weighted by Crippen LogP contribution is 2.19. The molecule has 0 spiro atoms. The zero-order valence-electron chi connectivity index (χ0n) is 10.6. The maximum atomic E-state index is 10.9. The van der Waals surface area contributed by atoms with Crippen LogP contribution >= 0.6 is 11.6 Å². The maximum absolute atomic E-state index is 10.9. The summed E-state index contributed by atoms with van der Waals surface area (Å²) in [6, 6.07) is 4.44. The lowest BCUT2D eigenvalue weighted by Crippen LogP contribution is -2.32. The predicted molar refractivity (Wildman–Crippen MR) is 72.4 cm³/mol. The van der Waals surface area contributed by atoms with Gasteiger partial charge in [-0.2, -0.15) is 0 Å². The first kappa shape index (κ1) is 14.4. The number of halogens is 1. The molecule has 20 heavy (non-hydrogen) atoms. The number of rotatable bonds is 6. The maximum Gasteiger partial charge on any atom is 0.320 e. The van der Waals surface area contributed by atoms with Crippen molar-refractivity contribution in [1.82, 2.24) is 20.6 Å². The van der Waals surface area contributed by atoms with E-state index in [9.17, 15) is 4.79 Å². The highest BCUT2D eigenvalue weighted by atomic mass is 35.5. The number of hydrogen-bond donors (Lipinski definition) is 3. The van der Waals surface area contributed by atoms with Gasteiger partial charge in [-0.15, -0.1) is 5.10 Å². The Hall–Kier alpha value is -1.99. The lowest BCUT2D eigenvalue weighted by Gasteiger charge is -2.12. The molecule has 0 aliphatic carbocycles. The minimum atomic E-state index is -1.03. The van der Waals surface area contributed by atoms with Gasteiger partial charge in [0.1, 0.15) is 11.9 Å². The van der Waals surface area contributed by atoms with Crippen molar-refractivity contribution in [3.8, 4) is 0 Å². The number of aryl methyl sites for hydroxylation is 2. The van der Waals surface area contributed by atoms with Gasteiger partial charge in [0.15, 0.2) is 0 Å². The number of carboxylic acids is 1.